The summed E-state index contributed by atoms with van der Waals surface area (Å²) in [6, 6.07) is 0. The summed E-state index contributed by atoms with van der Waals surface area (Å²) in [6.45, 7) is 2.46. The van der Waals surface area contributed by atoms with Crippen molar-refractivity contribution in [1.29, 1.82) is 0 Å². The van der Waals surface area contributed by atoms with Gasteiger partial charge in [0.1, 0.15) is 12.1 Å². The highest BCUT2D eigenvalue weighted by atomic mass is 15.3. The first-order valence-corrected chi connectivity index (χ1v) is 4.61. The Bertz CT molecular complexity index is 449. The molecule has 0 spiro atoms. The number of rotatable bonds is 3. The number of nitrogens with one attached hydrogen (secondary N) is 1. The first-order chi connectivity index (χ1) is 7.25. The second-order valence-electron chi connectivity index (χ2n) is 3.18. The molecule has 6 heteroatoms. The van der Waals surface area contributed by atoms with Crippen molar-refractivity contribution in [3.05, 3.63) is 30.2 Å². The van der Waals surface area contributed by atoms with Crippen LogP contribution in [0.5, 0.6) is 0 Å². The van der Waals surface area contributed by atoms with Gasteiger partial charge in [0.15, 0.2) is 5.82 Å². The smallest absolute Gasteiger partial charge is 0.169 e. The maximum Gasteiger partial charge on any atom is 0.169 e. The van der Waals surface area contributed by atoms with Crippen LogP contribution in [0.4, 0.5) is 5.82 Å². The molecular weight excluding hydrogens is 192 g/mol. The zero-order valence-corrected chi connectivity index (χ0v) is 8.68. The molecule has 0 atom stereocenters. The molecule has 0 aliphatic carbocycles. The van der Waals surface area contributed by atoms with Crippen molar-refractivity contribution < 1.29 is 0 Å². The summed E-state index contributed by atoms with van der Waals surface area (Å²) < 4.78 is 1.67. The van der Waals surface area contributed by atoms with Gasteiger partial charge in [-0.3, -0.25) is 9.67 Å². The molecule has 1 N–H and O–H groups in total. The summed E-state index contributed by atoms with van der Waals surface area (Å²) in [5.74, 6) is 1.51. The monoisotopic (exact) mass is 204 g/mol. The van der Waals surface area contributed by atoms with Gasteiger partial charge in [0, 0.05) is 19.4 Å². The van der Waals surface area contributed by atoms with Crippen molar-refractivity contribution in [2.24, 2.45) is 7.05 Å². The van der Waals surface area contributed by atoms with E-state index in [2.05, 4.69) is 25.4 Å². The SMILES string of the molecule is Cc1nccnc1NCc1ncn(C)n1. The molecule has 2 rings (SSSR count). The topological polar surface area (TPSA) is 68.5 Å². The lowest BCUT2D eigenvalue weighted by molar-refractivity contribution is 0.746. The molecule has 0 saturated carbocycles. The standard InChI is InChI=1S/C9H12N6/c1-7-9(11-4-3-10-7)12-5-8-13-6-15(2)14-8/h3-4,6H,5H2,1-2H3,(H,11,12). The fraction of sp³-hybridized carbons (Fsp3) is 0.333. The molecule has 0 fully saturated rings. The van der Waals surface area contributed by atoms with Gasteiger partial charge in [-0.25, -0.2) is 9.97 Å². The summed E-state index contributed by atoms with van der Waals surface area (Å²) in [4.78, 5) is 12.4. The summed E-state index contributed by atoms with van der Waals surface area (Å²) >= 11 is 0. The molecular formula is C9H12N6. The van der Waals surface area contributed by atoms with Gasteiger partial charge in [-0.05, 0) is 6.92 Å². The van der Waals surface area contributed by atoms with Crippen LogP contribution in [0.2, 0.25) is 0 Å². The van der Waals surface area contributed by atoms with Gasteiger partial charge < -0.3 is 5.32 Å². The van der Waals surface area contributed by atoms with Gasteiger partial charge in [-0.15, -0.1) is 0 Å². The molecule has 15 heavy (non-hydrogen) atoms. The highest BCUT2D eigenvalue weighted by molar-refractivity contribution is 5.38. The van der Waals surface area contributed by atoms with Crippen LogP contribution in [0.1, 0.15) is 11.5 Å². The Morgan fingerprint density at radius 2 is 2.07 bits per heavy atom. The van der Waals surface area contributed by atoms with Crippen molar-refractivity contribution >= 4 is 5.82 Å². The third-order valence-electron chi connectivity index (χ3n) is 1.94. The number of aryl methyl sites for hydroxylation is 2. The van der Waals surface area contributed by atoms with Crippen LogP contribution >= 0.6 is 0 Å². The lowest BCUT2D eigenvalue weighted by atomic mass is 10.4. The summed E-state index contributed by atoms with van der Waals surface area (Å²) in [7, 11) is 1.84. The Kier molecular flexibility index (Phi) is 2.57. The zero-order valence-electron chi connectivity index (χ0n) is 8.68. The van der Waals surface area contributed by atoms with E-state index in [4.69, 9.17) is 0 Å². The maximum absolute atomic E-state index is 4.16. The van der Waals surface area contributed by atoms with Crippen LogP contribution in [-0.4, -0.2) is 24.7 Å². The molecule has 6 nitrogen and oxygen atoms in total. The minimum Gasteiger partial charge on any atom is -0.361 e. The van der Waals surface area contributed by atoms with Gasteiger partial charge >= 0.3 is 0 Å². The van der Waals surface area contributed by atoms with Crippen molar-refractivity contribution in [2.75, 3.05) is 5.32 Å². The largest absolute Gasteiger partial charge is 0.361 e. The van der Waals surface area contributed by atoms with E-state index >= 15 is 0 Å². The van der Waals surface area contributed by atoms with E-state index in [1.54, 1.807) is 23.4 Å². The molecule has 0 bridgehead atoms. The third kappa shape index (κ3) is 2.28. The average Bonchev–Trinajstić information content (AvgIpc) is 2.63. The predicted octanol–water partition coefficient (Wildman–Crippen LogP) is 0.526. The molecule has 2 heterocycles. The Morgan fingerprint density at radius 1 is 1.27 bits per heavy atom. The quantitative estimate of drug-likeness (QED) is 0.789. The van der Waals surface area contributed by atoms with Crippen LogP contribution < -0.4 is 5.32 Å². The number of aromatic nitrogens is 5. The number of nitrogens with zero attached hydrogens (tertiary/aromatic N) is 5. The Morgan fingerprint density at radius 3 is 2.73 bits per heavy atom. The van der Waals surface area contributed by atoms with Gasteiger partial charge in [0.25, 0.3) is 0 Å². The van der Waals surface area contributed by atoms with E-state index in [0.29, 0.717) is 6.54 Å². The lowest BCUT2D eigenvalue weighted by Crippen LogP contribution is -2.05. The van der Waals surface area contributed by atoms with Crippen molar-refractivity contribution in [1.82, 2.24) is 24.7 Å². The Balaban J connectivity index is 2.02. The Labute approximate surface area is 87.4 Å². The number of hydrogen-bond acceptors (Lipinski definition) is 5. The molecule has 0 aromatic carbocycles. The van der Waals surface area contributed by atoms with E-state index in [-0.39, 0.29) is 0 Å². The van der Waals surface area contributed by atoms with Crippen LogP contribution in [0, 0.1) is 6.92 Å². The first kappa shape index (κ1) is 9.57. The summed E-state index contributed by atoms with van der Waals surface area (Å²) in [5.41, 5.74) is 0.869. The second-order valence-corrected chi connectivity index (χ2v) is 3.18. The molecule has 0 aliphatic heterocycles. The summed E-state index contributed by atoms with van der Waals surface area (Å²) in [5, 5.41) is 7.28. The fourth-order valence-corrected chi connectivity index (χ4v) is 1.21. The van der Waals surface area contributed by atoms with Gasteiger partial charge in [0.2, 0.25) is 0 Å². The molecule has 0 saturated heterocycles. The van der Waals surface area contributed by atoms with E-state index < -0.39 is 0 Å². The van der Waals surface area contributed by atoms with Gasteiger partial charge in [-0.1, -0.05) is 0 Å². The van der Waals surface area contributed by atoms with Gasteiger partial charge in [-0.2, -0.15) is 5.10 Å². The van der Waals surface area contributed by atoms with Crippen LogP contribution in [0.3, 0.4) is 0 Å². The van der Waals surface area contributed by atoms with E-state index in [1.165, 1.54) is 0 Å². The van der Waals surface area contributed by atoms with Gasteiger partial charge in [0.05, 0.1) is 12.2 Å². The maximum atomic E-state index is 4.16. The van der Waals surface area contributed by atoms with E-state index in [1.807, 2.05) is 14.0 Å². The van der Waals surface area contributed by atoms with Crippen molar-refractivity contribution in [2.45, 2.75) is 13.5 Å². The summed E-state index contributed by atoms with van der Waals surface area (Å²) in [6.07, 6.45) is 4.99. The molecule has 78 valence electrons. The molecule has 0 aliphatic rings. The minimum absolute atomic E-state index is 0.556. The van der Waals surface area contributed by atoms with Crippen LogP contribution in [0.15, 0.2) is 18.7 Å². The molecule has 0 radical (unpaired) electrons. The molecule has 0 amide bonds. The second kappa shape index (κ2) is 4.04. The van der Waals surface area contributed by atoms with Crippen molar-refractivity contribution in [3.8, 4) is 0 Å². The number of anilines is 1. The van der Waals surface area contributed by atoms with Crippen molar-refractivity contribution in [3.63, 3.8) is 0 Å². The van der Waals surface area contributed by atoms with Crippen LogP contribution in [0.25, 0.3) is 0 Å². The van der Waals surface area contributed by atoms with Crippen LogP contribution in [-0.2, 0) is 13.6 Å². The lowest BCUT2D eigenvalue weighted by Gasteiger charge is -2.04. The fourth-order valence-electron chi connectivity index (χ4n) is 1.21. The zero-order chi connectivity index (χ0) is 10.7. The highest BCUT2D eigenvalue weighted by Crippen LogP contribution is 2.06. The number of hydrogen-bond donors (Lipinski definition) is 1. The normalized spacial score (nSPS) is 10.3. The van der Waals surface area contributed by atoms with E-state index in [0.717, 1.165) is 17.3 Å². The molecule has 2 aromatic heterocycles. The minimum atomic E-state index is 0.556. The van der Waals surface area contributed by atoms with E-state index in [9.17, 15) is 0 Å². The molecule has 0 unspecified atom stereocenters. The highest BCUT2D eigenvalue weighted by Gasteiger charge is 2.01. The predicted molar refractivity (Wildman–Crippen MR) is 55.1 cm³/mol. The average molecular weight is 204 g/mol. The third-order valence-corrected chi connectivity index (χ3v) is 1.94. The molecule has 2 aromatic rings. The Hall–Kier alpha value is -1.98. The first-order valence-electron chi connectivity index (χ1n) is 4.61.